The van der Waals surface area contributed by atoms with Gasteiger partial charge in [-0.1, -0.05) is 32.4 Å². The Morgan fingerprint density at radius 3 is 2.45 bits per heavy atom. The van der Waals surface area contributed by atoms with Crippen LogP contribution in [-0.4, -0.2) is 25.6 Å². The summed E-state index contributed by atoms with van der Waals surface area (Å²) in [5, 5.41) is 2.63. The first-order valence-electron chi connectivity index (χ1n) is 6.66. The quantitative estimate of drug-likeness (QED) is 0.840. The van der Waals surface area contributed by atoms with Crippen LogP contribution in [0.3, 0.4) is 0 Å². The highest BCUT2D eigenvalue weighted by Crippen LogP contribution is 2.23. The first-order valence-corrected chi connectivity index (χ1v) is 8.32. The van der Waals surface area contributed by atoms with Gasteiger partial charge in [-0.3, -0.25) is 4.79 Å². The fourth-order valence-corrected chi connectivity index (χ4v) is 2.95. The van der Waals surface area contributed by atoms with Crippen molar-refractivity contribution in [1.29, 1.82) is 0 Å². The molecule has 0 aliphatic heterocycles. The topological polar surface area (TPSA) is 89.3 Å². The van der Waals surface area contributed by atoms with Gasteiger partial charge in [0.15, 0.2) is 9.84 Å². The molecule has 1 atom stereocenters. The molecule has 1 rings (SSSR count). The average molecular weight is 298 g/mol. The molecule has 5 nitrogen and oxygen atoms in total. The number of carbonyl (C=O) groups excluding carboxylic acids is 1. The van der Waals surface area contributed by atoms with E-state index < -0.39 is 15.4 Å². The number of nitrogens with one attached hydrogen (secondary N) is 1. The van der Waals surface area contributed by atoms with E-state index in [1.165, 1.54) is 6.07 Å². The number of hydrogen-bond acceptors (Lipinski definition) is 4. The highest BCUT2D eigenvalue weighted by Gasteiger charge is 2.28. The highest BCUT2D eigenvalue weighted by molar-refractivity contribution is 7.91. The lowest BCUT2D eigenvalue weighted by molar-refractivity contribution is -0.120. The molecule has 0 saturated heterocycles. The van der Waals surface area contributed by atoms with Crippen LogP contribution in [0.1, 0.15) is 33.6 Å². The number of rotatable bonds is 6. The van der Waals surface area contributed by atoms with E-state index in [1.807, 2.05) is 6.92 Å². The van der Waals surface area contributed by atoms with Crippen molar-refractivity contribution in [2.24, 2.45) is 5.73 Å². The Morgan fingerprint density at radius 1 is 1.30 bits per heavy atom. The Bertz CT molecular complexity index is 580. The Hall–Kier alpha value is -1.40. The SMILES string of the molecule is CCCC(C)(N)C(=O)Nc1ccccc1S(=O)(=O)CC. The zero-order chi connectivity index (χ0) is 15.4. The molecule has 0 aliphatic rings. The largest absolute Gasteiger partial charge is 0.323 e. The molecule has 112 valence electrons. The van der Waals surface area contributed by atoms with Gasteiger partial charge in [0.2, 0.25) is 5.91 Å². The summed E-state index contributed by atoms with van der Waals surface area (Å²) in [6, 6.07) is 6.37. The summed E-state index contributed by atoms with van der Waals surface area (Å²) in [5.41, 5.74) is 5.22. The van der Waals surface area contributed by atoms with Crippen molar-refractivity contribution < 1.29 is 13.2 Å². The smallest absolute Gasteiger partial charge is 0.244 e. The summed E-state index contributed by atoms with van der Waals surface area (Å²) in [4.78, 5) is 12.3. The predicted octanol–water partition coefficient (Wildman–Crippen LogP) is 1.94. The fraction of sp³-hybridized carbons (Fsp3) is 0.500. The number of carbonyl (C=O) groups is 1. The normalized spacial score (nSPS) is 14.6. The summed E-state index contributed by atoms with van der Waals surface area (Å²) in [7, 11) is -3.39. The monoisotopic (exact) mass is 298 g/mol. The van der Waals surface area contributed by atoms with E-state index in [-0.39, 0.29) is 22.2 Å². The molecule has 20 heavy (non-hydrogen) atoms. The van der Waals surface area contributed by atoms with Crippen LogP contribution in [0.4, 0.5) is 5.69 Å². The first-order chi connectivity index (χ1) is 9.24. The second kappa shape index (κ2) is 6.37. The van der Waals surface area contributed by atoms with Crippen molar-refractivity contribution in [2.75, 3.05) is 11.1 Å². The van der Waals surface area contributed by atoms with E-state index in [0.29, 0.717) is 6.42 Å². The van der Waals surface area contributed by atoms with Crippen molar-refractivity contribution in [3.63, 3.8) is 0 Å². The molecule has 1 unspecified atom stereocenters. The highest BCUT2D eigenvalue weighted by atomic mass is 32.2. The van der Waals surface area contributed by atoms with Crippen LogP contribution in [0.2, 0.25) is 0 Å². The molecule has 0 radical (unpaired) electrons. The maximum atomic E-state index is 12.2. The van der Waals surface area contributed by atoms with Gasteiger partial charge in [0.25, 0.3) is 0 Å². The van der Waals surface area contributed by atoms with E-state index in [1.54, 1.807) is 32.0 Å². The summed E-state index contributed by atoms with van der Waals surface area (Å²) < 4.78 is 24.0. The van der Waals surface area contributed by atoms with E-state index in [9.17, 15) is 13.2 Å². The minimum atomic E-state index is -3.39. The van der Waals surface area contributed by atoms with Crippen LogP contribution < -0.4 is 11.1 Å². The second-order valence-corrected chi connectivity index (χ2v) is 7.27. The minimum Gasteiger partial charge on any atom is -0.323 e. The molecule has 0 saturated carbocycles. The van der Waals surface area contributed by atoms with E-state index in [4.69, 9.17) is 5.73 Å². The number of sulfone groups is 1. The number of nitrogens with two attached hydrogens (primary N) is 1. The van der Waals surface area contributed by atoms with Crippen LogP contribution in [-0.2, 0) is 14.6 Å². The Balaban J connectivity index is 3.09. The maximum absolute atomic E-state index is 12.2. The van der Waals surface area contributed by atoms with Crippen LogP contribution >= 0.6 is 0 Å². The average Bonchev–Trinajstić information content (AvgIpc) is 2.39. The van der Waals surface area contributed by atoms with Gasteiger partial charge in [-0.15, -0.1) is 0 Å². The van der Waals surface area contributed by atoms with Crippen LogP contribution in [0.25, 0.3) is 0 Å². The molecular formula is C14H22N2O3S. The molecule has 3 N–H and O–H groups in total. The lowest BCUT2D eigenvalue weighted by atomic mass is 9.96. The van der Waals surface area contributed by atoms with Crippen molar-refractivity contribution in [1.82, 2.24) is 0 Å². The Morgan fingerprint density at radius 2 is 1.90 bits per heavy atom. The lowest BCUT2D eigenvalue weighted by Gasteiger charge is -2.23. The second-order valence-electron chi connectivity index (χ2n) is 5.02. The summed E-state index contributed by atoms with van der Waals surface area (Å²) in [6.07, 6.45) is 1.30. The Labute approximate surface area is 120 Å². The standard InChI is InChI=1S/C14H22N2O3S/c1-4-10-14(3,15)13(17)16-11-8-6-7-9-12(11)20(18,19)5-2/h6-9H,4-5,10,15H2,1-3H3,(H,16,17). The van der Waals surface area contributed by atoms with Gasteiger partial charge in [0.1, 0.15) is 0 Å². The molecular weight excluding hydrogens is 276 g/mol. The van der Waals surface area contributed by atoms with Gasteiger partial charge < -0.3 is 11.1 Å². The zero-order valence-corrected chi connectivity index (χ0v) is 13.0. The lowest BCUT2D eigenvalue weighted by Crippen LogP contribution is -2.48. The molecule has 6 heteroatoms. The van der Waals surface area contributed by atoms with Crippen LogP contribution in [0.5, 0.6) is 0 Å². The molecule has 0 spiro atoms. The number of para-hydroxylation sites is 1. The van der Waals surface area contributed by atoms with Crippen LogP contribution in [0.15, 0.2) is 29.2 Å². The summed E-state index contributed by atoms with van der Waals surface area (Å²) >= 11 is 0. The molecule has 0 fully saturated rings. The minimum absolute atomic E-state index is 0.0191. The molecule has 1 amide bonds. The number of benzene rings is 1. The first kappa shape index (κ1) is 16.7. The molecule has 0 aromatic heterocycles. The van der Waals surface area contributed by atoms with Crippen LogP contribution in [0, 0.1) is 0 Å². The van der Waals surface area contributed by atoms with Crippen molar-refractivity contribution in [3.8, 4) is 0 Å². The van der Waals surface area contributed by atoms with Crippen molar-refractivity contribution >= 4 is 21.4 Å². The van der Waals surface area contributed by atoms with E-state index in [2.05, 4.69) is 5.32 Å². The summed E-state index contributed by atoms with van der Waals surface area (Å²) in [6.45, 7) is 5.15. The molecule has 0 heterocycles. The third kappa shape index (κ3) is 3.80. The zero-order valence-electron chi connectivity index (χ0n) is 12.1. The third-order valence-corrected chi connectivity index (χ3v) is 4.92. The molecule has 1 aromatic rings. The number of amides is 1. The number of hydrogen-bond donors (Lipinski definition) is 2. The molecule has 1 aromatic carbocycles. The predicted molar refractivity (Wildman–Crippen MR) is 80.3 cm³/mol. The summed E-state index contributed by atoms with van der Waals surface area (Å²) in [5.74, 6) is -0.396. The van der Waals surface area contributed by atoms with Gasteiger partial charge in [0.05, 0.1) is 21.9 Å². The Kier molecular flexibility index (Phi) is 5.30. The van der Waals surface area contributed by atoms with Gasteiger partial charge in [-0.25, -0.2) is 8.42 Å². The fourth-order valence-electron chi connectivity index (χ4n) is 1.89. The van der Waals surface area contributed by atoms with Gasteiger partial charge in [0, 0.05) is 0 Å². The number of anilines is 1. The van der Waals surface area contributed by atoms with Crippen molar-refractivity contribution in [3.05, 3.63) is 24.3 Å². The van der Waals surface area contributed by atoms with Crippen molar-refractivity contribution in [2.45, 2.75) is 44.0 Å². The van der Waals surface area contributed by atoms with E-state index >= 15 is 0 Å². The van der Waals surface area contributed by atoms with E-state index in [0.717, 1.165) is 6.42 Å². The van der Waals surface area contributed by atoms with Gasteiger partial charge in [-0.2, -0.15) is 0 Å². The molecule has 0 bridgehead atoms. The molecule has 0 aliphatic carbocycles. The maximum Gasteiger partial charge on any atom is 0.244 e. The van der Waals surface area contributed by atoms with Gasteiger partial charge >= 0.3 is 0 Å². The third-order valence-electron chi connectivity index (χ3n) is 3.14. The van der Waals surface area contributed by atoms with Gasteiger partial charge in [-0.05, 0) is 25.5 Å².